The summed E-state index contributed by atoms with van der Waals surface area (Å²) in [5.74, 6) is 0. The van der Waals surface area contributed by atoms with E-state index in [-0.39, 0.29) is 0 Å². The first-order valence-electron chi connectivity index (χ1n) is 7.17. The van der Waals surface area contributed by atoms with Gasteiger partial charge in [0.2, 0.25) is 0 Å². The average Bonchev–Trinajstić information content (AvgIpc) is 2.31. The second-order valence-corrected chi connectivity index (χ2v) is 5.88. The number of benzene rings is 1. The van der Waals surface area contributed by atoms with Crippen LogP contribution in [-0.4, -0.2) is 0 Å². The first kappa shape index (κ1) is 15.9. The molecule has 0 bridgehead atoms. The van der Waals surface area contributed by atoms with E-state index in [1.807, 2.05) is 12.1 Å². The Labute approximate surface area is 122 Å². The first-order valence-corrected chi connectivity index (χ1v) is 7.93. The minimum Gasteiger partial charge on any atom is -0.0843 e. The second-order valence-electron chi connectivity index (χ2n) is 5.00. The lowest BCUT2D eigenvalue weighted by Gasteiger charge is -2.04. The van der Waals surface area contributed by atoms with Crippen molar-refractivity contribution in [3.63, 3.8) is 0 Å². The Hall–Kier alpha value is -0.200. The van der Waals surface area contributed by atoms with Crippen molar-refractivity contribution in [3.8, 4) is 0 Å². The Bertz CT molecular complexity index is 314. The molecule has 0 radical (unpaired) electrons. The predicted molar refractivity (Wildman–Crippen MR) is 82.8 cm³/mol. The highest BCUT2D eigenvalue weighted by atomic mass is 35.5. The summed E-state index contributed by atoms with van der Waals surface area (Å²) in [7, 11) is 0. The smallest absolute Gasteiger partial charge is 0.0423 e. The molecule has 0 saturated carbocycles. The Morgan fingerprint density at radius 1 is 0.722 bits per heavy atom. The maximum atomic E-state index is 5.98. The molecule has 1 rings (SSSR count). The van der Waals surface area contributed by atoms with Crippen molar-refractivity contribution in [2.45, 2.75) is 64.7 Å². The molecule has 1 aromatic carbocycles. The lowest BCUT2D eigenvalue weighted by molar-refractivity contribution is 0.575. The summed E-state index contributed by atoms with van der Waals surface area (Å²) in [5.41, 5.74) is 1.26. The van der Waals surface area contributed by atoms with Crippen LogP contribution in [-0.2, 0) is 6.42 Å². The molecule has 0 N–H and O–H groups in total. The van der Waals surface area contributed by atoms with Crippen molar-refractivity contribution in [2.24, 2.45) is 0 Å². The van der Waals surface area contributed by atoms with Crippen molar-refractivity contribution >= 4 is 23.2 Å². The minimum absolute atomic E-state index is 0.747. The highest BCUT2D eigenvalue weighted by Gasteiger charge is 1.98. The molecule has 0 saturated heterocycles. The number of halogens is 2. The van der Waals surface area contributed by atoms with Crippen molar-refractivity contribution in [1.82, 2.24) is 0 Å². The third kappa shape index (κ3) is 7.28. The van der Waals surface area contributed by atoms with Crippen LogP contribution in [0, 0.1) is 0 Å². The quantitative estimate of drug-likeness (QED) is 0.444. The third-order valence-corrected chi connectivity index (χ3v) is 3.68. The van der Waals surface area contributed by atoms with Gasteiger partial charge in [0.15, 0.2) is 0 Å². The Morgan fingerprint density at radius 3 is 1.78 bits per heavy atom. The van der Waals surface area contributed by atoms with Gasteiger partial charge < -0.3 is 0 Å². The van der Waals surface area contributed by atoms with Crippen LogP contribution < -0.4 is 0 Å². The molecule has 0 amide bonds. The van der Waals surface area contributed by atoms with Crippen LogP contribution in [0.2, 0.25) is 10.0 Å². The van der Waals surface area contributed by atoms with Gasteiger partial charge in [-0.25, -0.2) is 0 Å². The number of aryl methyl sites for hydroxylation is 1. The maximum Gasteiger partial charge on any atom is 0.0423 e. The highest BCUT2D eigenvalue weighted by Crippen LogP contribution is 2.20. The van der Waals surface area contributed by atoms with Crippen LogP contribution in [0.5, 0.6) is 0 Å². The van der Waals surface area contributed by atoms with E-state index in [1.54, 1.807) is 6.07 Å². The van der Waals surface area contributed by atoms with E-state index in [9.17, 15) is 0 Å². The Balaban J connectivity index is 2.07. The highest BCUT2D eigenvalue weighted by molar-refractivity contribution is 6.34. The number of rotatable bonds is 9. The van der Waals surface area contributed by atoms with Gasteiger partial charge in [0, 0.05) is 10.0 Å². The van der Waals surface area contributed by atoms with Crippen LogP contribution in [0.25, 0.3) is 0 Å². The molecule has 2 heteroatoms. The molecule has 0 spiro atoms. The number of hydrogen-bond donors (Lipinski definition) is 0. The molecular weight excluding hydrogens is 263 g/mol. The Morgan fingerprint density at radius 2 is 1.22 bits per heavy atom. The van der Waals surface area contributed by atoms with Crippen LogP contribution >= 0.6 is 23.2 Å². The van der Waals surface area contributed by atoms with E-state index in [2.05, 4.69) is 6.92 Å². The fourth-order valence-electron chi connectivity index (χ4n) is 2.22. The molecular formula is C16H24Cl2. The SMILES string of the molecule is CCCCCCCCCCc1cc(Cl)cc(Cl)c1. The Kier molecular flexibility index (Phi) is 8.54. The van der Waals surface area contributed by atoms with Gasteiger partial charge in [0.25, 0.3) is 0 Å². The van der Waals surface area contributed by atoms with E-state index < -0.39 is 0 Å². The molecule has 0 fully saturated rings. The molecule has 0 aliphatic heterocycles. The van der Waals surface area contributed by atoms with Gasteiger partial charge in [-0.15, -0.1) is 0 Å². The first-order chi connectivity index (χ1) is 8.72. The van der Waals surface area contributed by atoms with Crippen molar-refractivity contribution in [1.29, 1.82) is 0 Å². The third-order valence-electron chi connectivity index (χ3n) is 3.24. The van der Waals surface area contributed by atoms with E-state index in [0.29, 0.717) is 0 Å². The maximum absolute atomic E-state index is 5.98. The number of unbranched alkanes of at least 4 members (excludes halogenated alkanes) is 7. The van der Waals surface area contributed by atoms with Crippen LogP contribution in [0.3, 0.4) is 0 Å². The fourth-order valence-corrected chi connectivity index (χ4v) is 2.79. The van der Waals surface area contributed by atoms with Gasteiger partial charge >= 0.3 is 0 Å². The van der Waals surface area contributed by atoms with E-state index in [0.717, 1.165) is 16.5 Å². The van der Waals surface area contributed by atoms with E-state index >= 15 is 0 Å². The zero-order valence-corrected chi connectivity index (χ0v) is 12.9. The molecule has 0 heterocycles. The summed E-state index contributed by atoms with van der Waals surface area (Å²) in [5, 5.41) is 1.49. The lowest BCUT2D eigenvalue weighted by atomic mass is 10.0. The van der Waals surface area contributed by atoms with Gasteiger partial charge in [-0.3, -0.25) is 0 Å². The normalized spacial score (nSPS) is 10.8. The summed E-state index contributed by atoms with van der Waals surface area (Å²) in [6, 6.07) is 5.84. The molecule has 0 atom stereocenters. The van der Waals surface area contributed by atoms with Crippen molar-refractivity contribution < 1.29 is 0 Å². The van der Waals surface area contributed by atoms with Crippen LogP contribution in [0.1, 0.15) is 63.9 Å². The summed E-state index contributed by atoms with van der Waals surface area (Å²) >= 11 is 12.0. The average molecular weight is 287 g/mol. The lowest BCUT2D eigenvalue weighted by Crippen LogP contribution is -1.87. The fraction of sp³-hybridized carbons (Fsp3) is 0.625. The molecule has 1 aromatic rings. The summed E-state index contributed by atoms with van der Waals surface area (Å²) in [6.07, 6.45) is 11.9. The zero-order valence-electron chi connectivity index (χ0n) is 11.4. The summed E-state index contributed by atoms with van der Waals surface area (Å²) in [4.78, 5) is 0. The second kappa shape index (κ2) is 9.69. The number of hydrogen-bond acceptors (Lipinski definition) is 0. The monoisotopic (exact) mass is 286 g/mol. The van der Waals surface area contributed by atoms with Gasteiger partial charge in [-0.1, -0.05) is 75.1 Å². The summed E-state index contributed by atoms with van der Waals surface area (Å²) < 4.78 is 0. The molecule has 0 aliphatic rings. The van der Waals surface area contributed by atoms with Gasteiger partial charge in [0.1, 0.15) is 0 Å². The van der Waals surface area contributed by atoms with Gasteiger partial charge in [-0.05, 0) is 36.6 Å². The summed E-state index contributed by atoms with van der Waals surface area (Å²) in [6.45, 7) is 2.26. The van der Waals surface area contributed by atoms with E-state index in [1.165, 1.54) is 56.9 Å². The molecule has 0 aliphatic carbocycles. The largest absolute Gasteiger partial charge is 0.0843 e. The van der Waals surface area contributed by atoms with Crippen LogP contribution in [0.4, 0.5) is 0 Å². The van der Waals surface area contributed by atoms with Crippen LogP contribution in [0.15, 0.2) is 18.2 Å². The predicted octanol–water partition coefficient (Wildman–Crippen LogP) is 6.68. The van der Waals surface area contributed by atoms with Gasteiger partial charge in [-0.2, -0.15) is 0 Å². The molecule has 0 aromatic heterocycles. The standard InChI is InChI=1S/C16H24Cl2/c1-2-3-4-5-6-7-8-9-10-14-11-15(17)13-16(18)12-14/h11-13H,2-10H2,1H3. The molecule has 18 heavy (non-hydrogen) atoms. The molecule has 102 valence electrons. The topological polar surface area (TPSA) is 0 Å². The molecule has 0 unspecified atom stereocenters. The van der Waals surface area contributed by atoms with Crippen molar-refractivity contribution in [2.75, 3.05) is 0 Å². The van der Waals surface area contributed by atoms with Crippen molar-refractivity contribution in [3.05, 3.63) is 33.8 Å². The van der Waals surface area contributed by atoms with Gasteiger partial charge in [0.05, 0.1) is 0 Å². The zero-order chi connectivity index (χ0) is 13.2. The minimum atomic E-state index is 0.747. The van der Waals surface area contributed by atoms with E-state index in [4.69, 9.17) is 23.2 Å². The molecule has 0 nitrogen and oxygen atoms in total.